The second-order valence-electron chi connectivity index (χ2n) is 2.55. The molecule has 0 spiro atoms. The fraction of sp³-hybridized carbons (Fsp3) is 0.500. The van der Waals surface area contributed by atoms with Crippen LogP contribution >= 0.6 is 15.9 Å². The van der Waals surface area contributed by atoms with Crippen LogP contribution < -0.4 is 10.6 Å². The summed E-state index contributed by atoms with van der Waals surface area (Å²) >= 11 is 2.90. The molecule has 78 valence electrons. The average Bonchev–Trinajstić information content (AvgIpc) is 2.45. The molecule has 0 bridgehead atoms. The third kappa shape index (κ3) is 2.13. The summed E-state index contributed by atoms with van der Waals surface area (Å²) in [5.74, 6) is -0.487. The normalized spacial score (nSPS) is 20.5. The Bertz CT molecular complexity index is 282. The van der Waals surface area contributed by atoms with Gasteiger partial charge in [0.15, 0.2) is 0 Å². The molecule has 1 saturated heterocycles. The van der Waals surface area contributed by atoms with Crippen LogP contribution in [0, 0.1) is 0 Å². The van der Waals surface area contributed by atoms with Crippen molar-refractivity contribution in [1.82, 2.24) is 15.5 Å². The fourth-order valence-electron chi connectivity index (χ4n) is 1.11. The van der Waals surface area contributed by atoms with Gasteiger partial charge >= 0.3 is 12.1 Å². The number of amides is 4. The number of imide groups is 1. The van der Waals surface area contributed by atoms with E-state index in [1.54, 1.807) is 0 Å². The summed E-state index contributed by atoms with van der Waals surface area (Å²) in [6, 6.07) is -0.590. The van der Waals surface area contributed by atoms with Crippen molar-refractivity contribution in [1.29, 1.82) is 0 Å². The molecule has 0 aliphatic carbocycles. The Morgan fingerprint density at radius 1 is 1.71 bits per heavy atom. The topological polar surface area (TPSA) is 98.7 Å². The average molecular weight is 266 g/mol. The first-order chi connectivity index (χ1) is 6.56. The molecule has 1 aliphatic rings. The lowest BCUT2D eigenvalue weighted by atomic mass is 10.4. The molecule has 3 N–H and O–H groups in total. The molecule has 1 atom stereocenters. The number of nitrogens with one attached hydrogen (secondary N) is 2. The predicted molar refractivity (Wildman–Crippen MR) is 49.0 cm³/mol. The molecule has 4 amide bonds. The zero-order valence-corrected chi connectivity index (χ0v) is 8.57. The van der Waals surface area contributed by atoms with Gasteiger partial charge in [0, 0.05) is 0 Å². The summed E-state index contributed by atoms with van der Waals surface area (Å²) in [7, 11) is 0. The highest BCUT2D eigenvalue weighted by molar-refractivity contribution is 9.09. The Hall–Kier alpha value is -1.31. The minimum Gasteiger partial charge on any atom is -0.465 e. The van der Waals surface area contributed by atoms with Crippen molar-refractivity contribution in [3.8, 4) is 0 Å². The van der Waals surface area contributed by atoms with Crippen LogP contribution in [-0.2, 0) is 4.79 Å². The van der Waals surface area contributed by atoms with Crippen LogP contribution in [0.2, 0.25) is 0 Å². The third-order valence-corrected chi connectivity index (χ3v) is 2.13. The summed E-state index contributed by atoms with van der Waals surface area (Å²) < 4.78 is 0. The first-order valence-electron chi connectivity index (χ1n) is 3.71. The highest BCUT2D eigenvalue weighted by Gasteiger charge is 2.35. The summed E-state index contributed by atoms with van der Waals surface area (Å²) in [5, 5.41) is 12.8. The molecular weight excluding hydrogens is 258 g/mol. The van der Waals surface area contributed by atoms with Crippen molar-refractivity contribution in [2.45, 2.75) is 6.17 Å². The molecule has 0 saturated carbocycles. The van der Waals surface area contributed by atoms with Gasteiger partial charge in [-0.2, -0.15) is 0 Å². The van der Waals surface area contributed by atoms with Gasteiger partial charge in [-0.1, -0.05) is 15.9 Å². The molecule has 8 heteroatoms. The maximum absolute atomic E-state index is 11.2. The zero-order chi connectivity index (χ0) is 10.7. The SMILES string of the molecule is O=C(O)NC1CNC(=O)N1C(=O)CBr. The van der Waals surface area contributed by atoms with E-state index in [2.05, 4.69) is 26.6 Å². The van der Waals surface area contributed by atoms with Gasteiger partial charge in [0.2, 0.25) is 5.91 Å². The van der Waals surface area contributed by atoms with E-state index in [4.69, 9.17) is 5.11 Å². The zero-order valence-electron chi connectivity index (χ0n) is 6.99. The molecule has 0 aromatic heterocycles. The van der Waals surface area contributed by atoms with E-state index >= 15 is 0 Å². The van der Waals surface area contributed by atoms with Crippen molar-refractivity contribution < 1.29 is 19.5 Å². The molecule has 0 aromatic rings. The maximum Gasteiger partial charge on any atom is 0.406 e. The van der Waals surface area contributed by atoms with Gasteiger partial charge in [0.25, 0.3) is 0 Å². The fourth-order valence-corrected chi connectivity index (χ4v) is 1.38. The van der Waals surface area contributed by atoms with Crippen LogP contribution in [0.25, 0.3) is 0 Å². The molecule has 14 heavy (non-hydrogen) atoms. The Morgan fingerprint density at radius 3 is 2.86 bits per heavy atom. The predicted octanol–water partition coefficient (Wildman–Crippen LogP) is -0.473. The second kappa shape index (κ2) is 4.27. The first-order valence-corrected chi connectivity index (χ1v) is 4.83. The van der Waals surface area contributed by atoms with Crippen molar-refractivity contribution in [3.05, 3.63) is 0 Å². The summed E-state index contributed by atoms with van der Waals surface area (Å²) in [5.41, 5.74) is 0. The summed E-state index contributed by atoms with van der Waals surface area (Å²) in [6.07, 6.45) is -2.11. The molecule has 1 fully saturated rings. The molecular formula is C6H8BrN3O4. The molecule has 0 radical (unpaired) electrons. The molecule has 0 aromatic carbocycles. The van der Waals surface area contributed by atoms with E-state index in [0.717, 1.165) is 4.90 Å². The van der Waals surface area contributed by atoms with Crippen LogP contribution in [0.15, 0.2) is 0 Å². The van der Waals surface area contributed by atoms with Gasteiger partial charge in [-0.05, 0) is 0 Å². The summed E-state index contributed by atoms with van der Waals surface area (Å²) in [4.78, 5) is 33.5. The largest absolute Gasteiger partial charge is 0.465 e. The minimum absolute atomic E-state index is 0.0295. The number of alkyl halides is 1. The highest BCUT2D eigenvalue weighted by Crippen LogP contribution is 2.06. The van der Waals surface area contributed by atoms with Gasteiger partial charge in [0.05, 0.1) is 11.9 Å². The van der Waals surface area contributed by atoms with Gasteiger partial charge in [-0.15, -0.1) is 0 Å². The number of carbonyl (C=O) groups is 3. The van der Waals surface area contributed by atoms with Crippen molar-refractivity contribution in [3.63, 3.8) is 0 Å². The molecule has 1 unspecified atom stereocenters. The number of carboxylic acid groups (broad SMARTS) is 1. The highest BCUT2D eigenvalue weighted by atomic mass is 79.9. The number of rotatable bonds is 2. The number of urea groups is 1. The molecule has 7 nitrogen and oxygen atoms in total. The van der Waals surface area contributed by atoms with Gasteiger partial charge in [-0.25, -0.2) is 14.5 Å². The third-order valence-electron chi connectivity index (χ3n) is 1.65. The van der Waals surface area contributed by atoms with E-state index in [1.165, 1.54) is 0 Å². The van der Waals surface area contributed by atoms with Gasteiger partial charge < -0.3 is 10.4 Å². The van der Waals surface area contributed by atoms with Crippen molar-refractivity contribution in [2.75, 3.05) is 11.9 Å². The first kappa shape index (κ1) is 10.8. The number of hydrogen-bond donors (Lipinski definition) is 3. The Balaban J connectivity index is 2.71. The molecule has 1 rings (SSSR count). The lowest BCUT2D eigenvalue weighted by molar-refractivity contribution is -0.126. The quantitative estimate of drug-likeness (QED) is 0.588. The maximum atomic E-state index is 11.2. The Kier molecular flexibility index (Phi) is 3.28. The Morgan fingerprint density at radius 2 is 2.36 bits per heavy atom. The standard InChI is InChI=1S/C6H8BrN3O4/c7-1-4(11)10-3(9-6(13)14)2-8-5(10)12/h3,9H,1-2H2,(H,8,12)(H,13,14). The van der Waals surface area contributed by atoms with Crippen LogP contribution in [0.4, 0.5) is 9.59 Å². The van der Waals surface area contributed by atoms with Crippen LogP contribution in [0.3, 0.4) is 0 Å². The van der Waals surface area contributed by atoms with E-state index in [9.17, 15) is 14.4 Å². The number of halogens is 1. The van der Waals surface area contributed by atoms with Gasteiger partial charge in [-0.3, -0.25) is 10.1 Å². The van der Waals surface area contributed by atoms with E-state index in [1.807, 2.05) is 0 Å². The Labute approximate surface area is 87.6 Å². The minimum atomic E-state index is -1.28. The summed E-state index contributed by atoms with van der Waals surface area (Å²) in [6.45, 7) is 0.0872. The number of carbonyl (C=O) groups excluding carboxylic acids is 2. The number of nitrogens with zero attached hydrogens (tertiary/aromatic N) is 1. The van der Waals surface area contributed by atoms with Crippen molar-refractivity contribution in [2.24, 2.45) is 0 Å². The van der Waals surface area contributed by atoms with Crippen molar-refractivity contribution >= 4 is 34.0 Å². The molecule has 1 aliphatic heterocycles. The van der Waals surface area contributed by atoms with E-state index in [-0.39, 0.29) is 11.9 Å². The van der Waals surface area contributed by atoms with E-state index < -0.39 is 24.2 Å². The van der Waals surface area contributed by atoms with Crippen LogP contribution in [0.5, 0.6) is 0 Å². The van der Waals surface area contributed by atoms with E-state index in [0.29, 0.717) is 0 Å². The molecule has 1 heterocycles. The number of hydrogen-bond acceptors (Lipinski definition) is 3. The van der Waals surface area contributed by atoms with Crippen LogP contribution in [-0.4, -0.2) is 46.1 Å². The smallest absolute Gasteiger partial charge is 0.406 e. The lowest BCUT2D eigenvalue weighted by Crippen LogP contribution is -2.49. The monoisotopic (exact) mass is 265 g/mol. The lowest BCUT2D eigenvalue weighted by Gasteiger charge is -2.19. The van der Waals surface area contributed by atoms with Crippen LogP contribution in [0.1, 0.15) is 0 Å². The van der Waals surface area contributed by atoms with Gasteiger partial charge in [0.1, 0.15) is 6.17 Å². The second-order valence-corrected chi connectivity index (χ2v) is 3.11.